The molecular weight excluding hydrogens is 327 g/mol. The minimum atomic E-state index is -0.413. The van der Waals surface area contributed by atoms with Crippen molar-refractivity contribution in [2.75, 3.05) is 5.32 Å². The highest BCUT2D eigenvalue weighted by molar-refractivity contribution is 9.10. The Morgan fingerprint density at radius 1 is 1.35 bits per heavy atom. The first kappa shape index (κ1) is 12.7. The summed E-state index contributed by atoms with van der Waals surface area (Å²) in [7, 11) is 0. The molecule has 0 atom stereocenters. The summed E-state index contributed by atoms with van der Waals surface area (Å²) in [5.41, 5.74) is 1.25. The van der Waals surface area contributed by atoms with E-state index in [0.717, 1.165) is 4.47 Å². The highest BCUT2D eigenvalue weighted by Crippen LogP contribution is 2.25. The Morgan fingerprint density at radius 3 is 3.00 bits per heavy atom. The van der Waals surface area contributed by atoms with Crippen LogP contribution in [0.25, 0.3) is 17.0 Å². The second kappa shape index (κ2) is 5.01. The van der Waals surface area contributed by atoms with Gasteiger partial charge in [-0.15, -0.1) is 0 Å². The van der Waals surface area contributed by atoms with Crippen LogP contribution in [0.2, 0.25) is 0 Å². The number of benzene rings is 1. The second-order valence-electron chi connectivity index (χ2n) is 4.06. The van der Waals surface area contributed by atoms with Crippen LogP contribution in [0.3, 0.4) is 0 Å². The van der Waals surface area contributed by atoms with Crippen LogP contribution in [0, 0.1) is 5.82 Å². The molecule has 3 aromatic rings. The molecule has 0 saturated carbocycles. The number of amides is 1. The molecule has 0 spiro atoms. The number of aromatic nitrogens is 3. The van der Waals surface area contributed by atoms with Gasteiger partial charge in [0, 0.05) is 29.8 Å². The Balaban J connectivity index is 2.14. The fourth-order valence-corrected chi connectivity index (χ4v) is 2.19. The molecule has 1 amide bonds. The zero-order valence-electron chi connectivity index (χ0n) is 10.0. The number of hydrogen-bond acceptors (Lipinski definition) is 3. The Morgan fingerprint density at radius 2 is 2.20 bits per heavy atom. The van der Waals surface area contributed by atoms with Crippen molar-refractivity contribution in [2.45, 2.75) is 0 Å². The molecule has 0 aliphatic heterocycles. The lowest BCUT2D eigenvalue weighted by Crippen LogP contribution is -1.95. The smallest absolute Gasteiger partial charge is 0.234 e. The van der Waals surface area contributed by atoms with Gasteiger partial charge in [0.15, 0.2) is 0 Å². The Hall–Kier alpha value is -2.28. The number of imidazole rings is 1. The molecule has 3 rings (SSSR count). The zero-order chi connectivity index (χ0) is 14.1. The van der Waals surface area contributed by atoms with Gasteiger partial charge >= 0.3 is 0 Å². The quantitative estimate of drug-likeness (QED) is 0.749. The number of rotatable bonds is 3. The Kier molecular flexibility index (Phi) is 3.19. The molecule has 100 valence electrons. The van der Waals surface area contributed by atoms with E-state index in [4.69, 9.17) is 0 Å². The van der Waals surface area contributed by atoms with Crippen LogP contribution < -0.4 is 5.32 Å². The summed E-state index contributed by atoms with van der Waals surface area (Å²) in [6, 6.07) is 4.30. The van der Waals surface area contributed by atoms with Crippen LogP contribution in [0.5, 0.6) is 0 Å². The Bertz CT molecular complexity index is 802. The first-order valence-electron chi connectivity index (χ1n) is 5.68. The van der Waals surface area contributed by atoms with Crippen molar-refractivity contribution >= 4 is 33.8 Å². The normalized spacial score (nSPS) is 10.7. The molecule has 0 saturated heterocycles. The summed E-state index contributed by atoms with van der Waals surface area (Å²) in [6.45, 7) is 0. The van der Waals surface area contributed by atoms with Crippen LogP contribution in [0.4, 0.5) is 10.1 Å². The third-order valence-electron chi connectivity index (χ3n) is 2.75. The van der Waals surface area contributed by atoms with Gasteiger partial charge in [0.2, 0.25) is 12.2 Å². The van der Waals surface area contributed by atoms with Crippen LogP contribution >= 0.6 is 15.9 Å². The monoisotopic (exact) mass is 334 g/mol. The van der Waals surface area contributed by atoms with Crippen molar-refractivity contribution in [3.8, 4) is 11.3 Å². The van der Waals surface area contributed by atoms with Gasteiger partial charge in [0.25, 0.3) is 0 Å². The van der Waals surface area contributed by atoms with Crippen molar-refractivity contribution in [3.05, 3.63) is 47.1 Å². The van der Waals surface area contributed by atoms with E-state index in [-0.39, 0.29) is 0 Å². The third-order valence-corrected chi connectivity index (χ3v) is 3.16. The highest BCUT2D eigenvalue weighted by atomic mass is 79.9. The molecule has 2 heterocycles. The van der Waals surface area contributed by atoms with Gasteiger partial charge < -0.3 is 5.32 Å². The lowest BCUT2D eigenvalue weighted by molar-refractivity contribution is -0.105. The minimum Gasteiger partial charge on any atom is -0.329 e. The molecule has 0 bridgehead atoms. The van der Waals surface area contributed by atoms with Gasteiger partial charge in [-0.25, -0.2) is 14.4 Å². The van der Waals surface area contributed by atoms with Gasteiger partial charge in [-0.3, -0.25) is 9.20 Å². The maximum Gasteiger partial charge on any atom is 0.234 e. The molecule has 0 aliphatic carbocycles. The predicted molar refractivity (Wildman–Crippen MR) is 75.8 cm³/mol. The van der Waals surface area contributed by atoms with Crippen LogP contribution in [-0.4, -0.2) is 20.8 Å². The lowest BCUT2D eigenvalue weighted by atomic mass is 10.1. The van der Waals surface area contributed by atoms with Crippen molar-refractivity contribution in [1.82, 2.24) is 14.4 Å². The number of anilines is 1. The van der Waals surface area contributed by atoms with E-state index in [1.165, 1.54) is 18.2 Å². The number of fused-ring (bicyclic) bond motifs is 1. The average Bonchev–Trinajstić information content (AvgIpc) is 2.84. The maximum absolute atomic E-state index is 13.9. The topological polar surface area (TPSA) is 59.3 Å². The summed E-state index contributed by atoms with van der Waals surface area (Å²) >= 11 is 3.31. The lowest BCUT2D eigenvalue weighted by Gasteiger charge is -2.03. The van der Waals surface area contributed by atoms with E-state index in [1.54, 1.807) is 23.0 Å². The van der Waals surface area contributed by atoms with Gasteiger partial charge in [-0.05, 0) is 34.1 Å². The van der Waals surface area contributed by atoms with E-state index in [2.05, 4.69) is 31.2 Å². The van der Waals surface area contributed by atoms with E-state index in [1.807, 2.05) is 0 Å². The molecule has 5 nitrogen and oxygen atoms in total. The first-order valence-corrected chi connectivity index (χ1v) is 6.47. The number of nitrogens with zero attached hydrogens (tertiary/aromatic N) is 3. The van der Waals surface area contributed by atoms with Crippen molar-refractivity contribution in [2.24, 2.45) is 0 Å². The number of hydrogen-bond donors (Lipinski definition) is 1. The van der Waals surface area contributed by atoms with Crippen LogP contribution in [-0.2, 0) is 4.79 Å². The number of carbonyl (C=O) groups is 1. The average molecular weight is 335 g/mol. The van der Waals surface area contributed by atoms with Gasteiger partial charge in [-0.1, -0.05) is 0 Å². The largest absolute Gasteiger partial charge is 0.329 e. The van der Waals surface area contributed by atoms with Crippen molar-refractivity contribution < 1.29 is 9.18 Å². The molecule has 20 heavy (non-hydrogen) atoms. The maximum atomic E-state index is 13.9. The molecule has 1 aromatic carbocycles. The predicted octanol–water partition coefficient (Wildman–Crippen LogP) is 2.87. The number of carbonyl (C=O) groups excluding carboxylic acids is 1. The minimum absolute atomic E-state index is 0.304. The summed E-state index contributed by atoms with van der Waals surface area (Å²) in [5.74, 6) is 0.0558. The van der Waals surface area contributed by atoms with E-state index in [9.17, 15) is 9.18 Å². The zero-order valence-corrected chi connectivity index (χ0v) is 11.6. The highest BCUT2D eigenvalue weighted by Gasteiger charge is 2.11. The molecule has 0 fully saturated rings. The van der Waals surface area contributed by atoms with Crippen molar-refractivity contribution in [1.29, 1.82) is 0 Å². The number of nitrogens with one attached hydrogen (secondary N) is 1. The summed E-state index contributed by atoms with van der Waals surface area (Å²) in [4.78, 5) is 18.8. The SMILES string of the molecule is O=CNc1ccc(F)c(-c2cn3cc(Br)cnc3n2)c1. The second-order valence-corrected chi connectivity index (χ2v) is 4.98. The summed E-state index contributed by atoms with van der Waals surface area (Å²) in [5, 5.41) is 2.48. The molecular formula is C13H8BrFN4O. The molecule has 0 unspecified atom stereocenters. The van der Waals surface area contributed by atoms with E-state index in [0.29, 0.717) is 29.1 Å². The fraction of sp³-hybridized carbons (Fsp3) is 0. The fourth-order valence-electron chi connectivity index (χ4n) is 1.87. The molecule has 0 aliphatic rings. The number of halogens is 2. The third kappa shape index (κ3) is 2.27. The first-order chi connectivity index (χ1) is 9.67. The molecule has 0 radical (unpaired) electrons. The van der Waals surface area contributed by atoms with Crippen LogP contribution in [0.15, 0.2) is 41.3 Å². The van der Waals surface area contributed by atoms with Crippen molar-refractivity contribution in [3.63, 3.8) is 0 Å². The van der Waals surface area contributed by atoms with Gasteiger partial charge in [0.1, 0.15) is 5.82 Å². The van der Waals surface area contributed by atoms with E-state index < -0.39 is 5.82 Å². The van der Waals surface area contributed by atoms with E-state index >= 15 is 0 Å². The molecule has 1 N–H and O–H groups in total. The van der Waals surface area contributed by atoms with Gasteiger partial charge in [0.05, 0.1) is 10.2 Å². The standard InChI is InChI=1S/C13H8BrFN4O/c14-8-4-16-13-18-12(6-19(13)5-8)10-3-9(17-7-20)1-2-11(10)15/h1-7H,(H,17,20). The summed E-state index contributed by atoms with van der Waals surface area (Å²) < 4.78 is 16.4. The summed E-state index contributed by atoms with van der Waals surface area (Å²) in [6.07, 6.45) is 5.62. The molecule has 7 heteroatoms. The Labute approximate surface area is 121 Å². The molecule has 2 aromatic heterocycles. The van der Waals surface area contributed by atoms with Crippen LogP contribution in [0.1, 0.15) is 0 Å². The van der Waals surface area contributed by atoms with Gasteiger partial charge in [-0.2, -0.15) is 0 Å².